The monoisotopic (exact) mass is 606 g/mol. The van der Waals surface area contributed by atoms with Gasteiger partial charge in [0.25, 0.3) is 5.91 Å². The topological polar surface area (TPSA) is 50.7 Å². The molecule has 1 aliphatic heterocycles. The van der Waals surface area contributed by atoms with Crippen LogP contribution in [-0.4, -0.2) is 17.9 Å². The molecule has 7 rings (SSSR count). The van der Waals surface area contributed by atoms with E-state index >= 15 is 0 Å². The van der Waals surface area contributed by atoms with Gasteiger partial charge >= 0.3 is 6.18 Å². The van der Waals surface area contributed by atoms with Crippen molar-refractivity contribution in [2.75, 3.05) is 5.32 Å². The number of fused-ring (bicyclic) bond motifs is 3. The van der Waals surface area contributed by atoms with E-state index < -0.39 is 37.7 Å². The number of ether oxygens (including phenoxy) is 1. The van der Waals surface area contributed by atoms with Gasteiger partial charge in [0.05, 0.1) is 16.8 Å². The SMILES string of the molecule is O=C(Nc1cccc(C(F)(F)F)c1C1=N[C@@H]2c3ccccc3C[C@@H]2O1)c1ccccc1P(c1ccccc1)c1ccccc1. The van der Waals surface area contributed by atoms with E-state index in [9.17, 15) is 18.0 Å². The number of carbonyl (C=O) groups is 1. The molecule has 0 radical (unpaired) electrons. The first-order chi connectivity index (χ1) is 21.4. The quantitative estimate of drug-likeness (QED) is 0.209. The highest BCUT2D eigenvalue weighted by Gasteiger charge is 2.43. The predicted octanol–water partition coefficient (Wildman–Crippen LogP) is 7.16. The van der Waals surface area contributed by atoms with Gasteiger partial charge in [-0.1, -0.05) is 109 Å². The number of anilines is 1. The standard InChI is InChI=1S/C36H26F3N2O2P/c37-36(38,39)28-19-11-20-29(32(28)35-41-33-26-17-8-7-12-23(26)22-30(33)43-35)40-34(42)27-18-9-10-21-31(27)44(24-13-3-1-4-14-24)25-15-5-2-6-16-25/h1-21,30,33H,22H2,(H,40,42)/t30-,33+/m0/s1. The van der Waals surface area contributed by atoms with Gasteiger partial charge in [-0.05, 0) is 53.2 Å². The average molecular weight is 607 g/mol. The summed E-state index contributed by atoms with van der Waals surface area (Å²) in [4.78, 5) is 18.7. The van der Waals surface area contributed by atoms with E-state index in [4.69, 9.17) is 4.74 Å². The molecule has 5 aromatic rings. The first-order valence-corrected chi connectivity index (χ1v) is 15.6. The molecule has 8 heteroatoms. The van der Waals surface area contributed by atoms with Crippen LogP contribution in [0.2, 0.25) is 0 Å². The van der Waals surface area contributed by atoms with Crippen LogP contribution in [0.1, 0.15) is 38.7 Å². The molecule has 1 aliphatic carbocycles. The van der Waals surface area contributed by atoms with E-state index in [0.29, 0.717) is 12.0 Å². The summed E-state index contributed by atoms with van der Waals surface area (Å²) in [6.07, 6.45) is -4.53. The Morgan fingerprint density at radius 1 is 0.773 bits per heavy atom. The van der Waals surface area contributed by atoms with Crippen LogP contribution in [0.4, 0.5) is 18.9 Å². The van der Waals surface area contributed by atoms with Crippen molar-refractivity contribution in [3.63, 3.8) is 0 Å². The molecule has 0 saturated heterocycles. The lowest BCUT2D eigenvalue weighted by atomic mass is 10.0. The van der Waals surface area contributed by atoms with Gasteiger partial charge in [-0.2, -0.15) is 13.2 Å². The minimum absolute atomic E-state index is 0.00427. The number of hydrogen-bond acceptors (Lipinski definition) is 3. The maximum absolute atomic E-state index is 14.4. The van der Waals surface area contributed by atoms with Crippen LogP contribution in [0, 0.1) is 0 Å². The lowest BCUT2D eigenvalue weighted by Crippen LogP contribution is -2.28. The second-order valence-electron chi connectivity index (χ2n) is 10.6. The van der Waals surface area contributed by atoms with E-state index in [-0.39, 0.29) is 17.1 Å². The van der Waals surface area contributed by atoms with E-state index in [1.165, 1.54) is 12.1 Å². The first kappa shape index (κ1) is 28.1. The van der Waals surface area contributed by atoms with E-state index in [1.54, 1.807) is 12.1 Å². The Labute approximate surface area is 254 Å². The van der Waals surface area contributed by atoms with Crippen molar-refractivity contribution >= 4 is 41.3 Å². The second kappa shape index (κ2) is 11.4. The number of halogens is 3. The van der Waals surface area contributed by atoms with Crippen molar-refractivity contribution in [2.45, 2.75) is 24.7 Å². The van der Waals surface area contributed by atoms with Crippen molar-refractivity contribution in [1.82, 2.24) is 0 Å². The van der Waals surface area contributed by atoms with Gasteiger partial charge in [0, 0.05) is 12.0 Å². The predicted molar refractivity (Wildman–Crippen MR) is 169 cm³/mol. The largest absolute Gasteiger partial charge is 0.471 e. The van der Waals surface area contributed by atoms with E-state index in [2.05, 4.69) is 10.3 Å². The maximum Gasteiger partial charge on any atom is 0.417 e. The van der Waals surface area contributed by atoms with Gasteiger partial charge in [-0.25, -0.2) is 4.99 Å². The molecule has 0 spiro atoms. The molecule has 0 saturated carbocycles. The summed E-state index contributed by atoms with van der Waals surface area (Å²) in [6, 6.07) is 38.2. The number of benzene rings is 5. The van der Waals surface area contributed by atoms with Crippen molar-refractivity contribution in [2.24, 2.45) is 4.99 Å². The third kappa shape index (κ3) is 5.18. The highest BCUT2D eigenvalue weighted by molar-refractivity contribution is 7.80. The molecular weight excluding hydrogens is 580 g/mol. The highest BCUT2D eigenvalue weighted by Crippen LogP contribution is 2.44. The Kier molecular flexibility index (Phi) is 7.27. The van der Waals surface area contributed by atoms with Gasteiger partial charge in [0.2, 0.25) is 5.90 Å². The van der Waals surface area contributed by atoms with Crippen LogP contribution in [0.15, 0.2) is 132 Å². The number of aliphatic imine (C=N–C) groups is 1. The van der Waals surface area contributed by atoms with Gasteiger partial charge < -0.3 is 10.1 Å². The lowest BCUT2D eigenvalue weighted by Gasteiger charge is -2.22. The first-order valence-electron chi connectivity index (χ1n) is 14.2. The lowest BCUT2D eigenvalue weighted by molar-refractivity contribution is -0.137. The molecule has 0 bridgehead atoms. The molecule has 2 atom stereocenters. The third-order valence-electron chi connectivity index (χ3n) is 7.92. The summed E-state index contributed by atoms with van der Waals surface area (Å²) in [5.41, 5.74) is 1.24. The van der Waals surface area contributed by atoms with Crippen LogP contribution >= 0.6 is 7.92 Å². The normalized spacial score (nSPS) is 17.0. The fourth-order valence-corrected chi connectivity index (χ4v) is 8.42. The average Bonchev–Trinajstić information content (AvgIpc) is 3.60. The highest BCUT2D eigenvalue weighted by atomic mass is 31.1. The minimum atomic E-state index is -4.69. The number of nitrogens with zero attached hydrogens (tertiary/aromatic N) is 1. The summed E-state index contributed by atoms with van der Waals surface area (Å²) < 4.78 is 49.3. The molecule has 0 fully saturated rings. The molecule has 0 aromatic heterocycles. The molecule has 44 heavy (non-hydrogen) atoms. The summed E-state index contributed by atoms with van der Waals surface area (Å²) in [6.45, 7) is 0. The van der Waals surface area contributed by atoms with Crippen molar-refractivity contribution < 1.29 is 22.7 Å². The Morgan fingerprint density at radius 2 is 1.41 bits per heavy atom. The van der Waals surface area contributed by atoms with Crippen LogP contribution in [0.3, 0.4) is 0 Å². The van der Waals surface area contributed by atoms with Gasteiger partial charge in [0.15, 0.2) is 0 Å². The van der Waals surface area contributed by atoms with Gasteiger partial charge in [0.1, 0.15) is 12.1 Å². The van der Waals surface area contributed by atoms with Crippen LogP contribution in [-0.2, 0) is 17.3 Å². The molecule has 2 aliphatic rings. The van der Waals surface area contributed by atoms with Crippen LogP contribution in [0.5, 0.6) is 0 Å². The second-order valence-corrected chi connectivity index (χ2v) is 12.8. The molecule has 5 aromatic carbocycles. The fourth-order valence-electron chi connectivity index (χ4n) is 5.97. The maximum atomic E-state index is 14.4. The number of carbonyl (C=O) groups excluding carboxylic acids is 1. The number of amides is 1. The Bertz CT molecular complexity index is 1840. The van der Waals surface area contributed by atoms with Gasteiger partial charge in [-0.3, -0.25) is 4.79 Å². The fraction of sp³-hybridized carbons (Fsp3) is 0.111. The summed E-state index contributed by atoms with van der Waals surface area (Å²) in [5, 5.41) is 5.71. The molecule has 0 unspecified atom stereocenters. The zero-order chi connectivity index (χ0) is 30.3. The summed E-state index contributed by atoms with van der Waals surface area (Å²) in [5.74, 6) is -0.619. The third-order valence-corrected chi connectivity index (χ3v) is 10.4. The zero-order valence-electron chi connectivity index (χ0n) is 23.3. The molecule has 1 heterocycles. The smallest absolute Gasteiger partial charge is 0.417 e. The van der Waals surface area contributed by atoms with Gasteiger partial charge in [-0.15, -0.1) is 0 Å². The van der Waals surface area contributed by atoms with Crippen molar-refractivity contribution in [3.05, 3.63) is 155 Å². The van der Waals surface area contributed by atoms with Crippen LogP contribution in [0.25, 0.3) is 0 Å². The van der Waals surface area contributed by atoms with E-state index in [1.807, 2.05) is 97.1 Å². The van der Waals surface area contributed by atoms with Crippen LogP contribution < -0.4 is 21.2 Å². The molecule has 1 N–H and O–H groups in total. The number of nitrogens with one attached hydrogen (secondary N) is 1. The van der Waals surface area contributed by atoms with Crippen molar-refractivity contribution in [3.8, 4) is 0 Å². The summed E-state index contributed by atoms with van der Waals surface area (Å²) in [7, 11) is -1.14. The molecular formula is C36H26F3N2O2P. The molecule has 4 nitrogen and oxygen atoms in total. The van der Waals surface area contributed by atoms with E-state index in [0.717, 1.165) is 33.1 Å². The Balaban J connectivity index is 1.29. The minimum Gasteiger partial charge on any atom is -0.471 e. The Morgan fingerprint density at radius 3 is 2.11 bits per heavy atom. The number of alkyl halides is 3. The molecule has 1 amide bonds. The van der Waals surface area contributed by atoms with Crippen molar-refractivity contribution in [1.29, 1.82) is 0 Å². The molecule has 218 valence electrons. The Hall–Kier alpha value is -4.74. The number of rotatable bonds is 6. The zero-order valence-corrected chi connectivity index (χ0v) is 24.2. The summed E-state index contributed by atoms with van der Waals surface area (Å²) >= 11 is 0. The number of hydrogen-bond donors (Lipinski definition) is 1.